The van der Waals surface area contributed by atoms with E-state index in [2.05, 4.69) is 17.3 Å². The van der Waals surface area contributed by atoms with E-state index in [9.17, 15) is 4.79 Å². The molecule has 1 heterocycles. The molecule has 0 aliphatic rings. The minimum Gasteiger partial charge on any atom is -0.466 e. The molecule has 0 bridgehead atoms. The quantitative estimate of drug-likeness (QED) is 0.761. The Kier molecular flexibility index (Phi) is 5.15. The highest BCUT2D eigenvalue weighted by molar-refractivity contribution is 5.69. The lowest BCUT2D eigenvalue weighted by molar-refractivity contribution is -0.143. The molecule has 1 unspecified atom stereocenters. The van der Waals surface area contributed by atoms with E-state index in [4.69, 9.17) is 4.74 Å². The standard InChI is InChI=1S/C12H21N3O2/c1-5-17-12(16)6-7-13-9(2)11-8-15(4)14-10(11)3/h8-9,13H,5-7H2,1-4H3. The summed E-state index contributed by atoms with van der Waals surface area (Å²) in [7, 11) is 1.90. The van der Waals surface area contributed by atoms with Gasteiger partial charge in [-0.2, -0.15) is 5.10 Å². The molecule has 0 aromatic carbocycles. The van der Waals surface area contributed by atoms with Crippen molar-refractivity contribution in [3.63, 3.8) is 0 Å². The van der Waals surface area contributed by atoms with Crippen LogP contribution >= 0.6 is 0 Å². The first-order valence-electron chi connectivity index (χ1n) is 5.93. The second-order valence-corrected chi connectivity index (χ2v) is 4.07. The van der Waals surface area contributed by atoms with Gasteiger partial charge in [-0.3, -0.25) is 9.48 Å². The van der Waals surface area contributed by atoms with Crippen LogP contribution in [-0.4, -0.2) is 28.9 Å². The third-order valence-corrected chi connectivity index (χ3v) is 2.60. The second-order valence-electron chi connectivity index (χ2n) is 4.07. The van der Waals surface area contributed by atoms with Crippen molar-refractivity contribution in [1.29, 1.82) is 0 Å². The normalized spacial score (nSPS) is 12.5. The van der Waals surface area contributed by atoms with Gasteiger partial charge in [0.05, 0.1) is 18.7 Å². The highest BCUT2D eigenvalue weighted by Crippen LogP contribution is 2.15. The van der Waals surface area contributed by atoms with Gasteiger partial charge >= 0.3 is 5.97 Å². The maximum atomic E-state index is 11.2. The summed E-state index contributed by atoms with van der Waals surface area (Å²) in [6.07, 6.45) is 2.40. The van der Waals surface area contributed by atoms with Crippen LogP contribution in [0, 0.1) is 6.92 Å². The van der Waals surface area contributed by atoms with Gasteiger partial charge < -0.3 is 10.1 Å². The number of ether oxygens (including phenoxy) is 1. The fraction of sp³-hybridized carbons (Fsp3) is 0.667. The molecule has 0 saturated heterocycles. The molecule has 17 heavy (non-hydrogen) atoms. The zero-order valence-electron chi connectivity index (χ0n) is 11.0. The monoisotopic (exact) mass is 239 g/mol. The number of carbonyl (C=O) groups excluding carboxylic acids is 1. The molecule has 96 valence electrons. The molecular formula is C12H21N3O2. The number of nitrogens with one attached hydrogen (secondary N) is 1. The SMILES string of the molecule is CCOC(=O)CCNC(C)c1cn(C)nc1C. The second kappa shape index (κ2) is 6.39. The van der Waals surface area contributed by atoms with E-state index < -0.39 is 0 Å². The smallest absolute Gasteiger partial charge is 0.307 e. The molecule has 1 atom stereocenters. The van der Waals surface area contributed by atoms with Gasteiger partial charge in [-0.25, -0.2) is 0 Å². The van der Waals surface area contributed by atoms with Crippen molar-refractivity contribution in [1.82, 2.24) is 15.1 Å². The van der Waals surface area contributed by atoms with Crippen molar-refractivity contribution in [2.45, 2.75) is 33.2 Å². The van der Waals surface area contributed by atoms with Crippen LogP contribution in [-0.2, 0) is 16.6 Å². The highest BCUT2D eigenvalue weighted by atomic mass is 16.5. The predicted octanol–water partition coefficient (Wildman–Crippen LogP) is 1.33. The van der Waals surface area contributed by atoms with Gasteiger partial charge in [0, 0.05) is 31.4 Å². The average molecular weight is 239 g/mol. The number of carbonyl (C=O) groups is 1. The number of aryl methyl sites for hydroxylation is 2. The largest absolute Gasteiger partial charge is 0.466 e. The minimum absolute atomic E-state index is 0.157. The van der Waals surface area contributed by atoms with Crippen LogP contribution in [0.4, 0.5) is 0 Å². The number of aromatic nitrogens is 2. The highest BCUT2D eigenvalue weighted by Gasteiger charge is 2.11. The number of hydrogen-bond donors (Lipinski definition) is 1. The first-order chi connectivity index (χ1) is 8.04. The van der Waals surface area contributed by atoms with Crippen LogP contribution in [0.15, 0.2) is 6.20 Å². The number of nitrogens with zero attached hydrogens (tertiary/aromatic N) is 2. The zero-order chi connectivity index (χ0) is 12.8. The van der Waals surface area contributed by atoms with Crippen LogP contribution in [0.25, 0.3) is 0 Å². The Bertz CT molecular complexity index is 374. The molecule has 5 heteroatoms. The van der Waals surface area contributed by atoms with E-state index in [0.29, 0.717) is 19.6 Å². The molecule has 0 amide bonds. The van der Waals surface area contributed by atoms with E-state index in [-0.39, 0.29) is 12.0 Å². The van der Waals surface area contributed by atoms with Gasteiger partial charge in [-0.1, -0.05) is 0 Å². The van der Waals surface area contributed by atoms with Crippen LogP contribution < -0.4 is 5.32 Å². The van der Waals surface area contributed by atoms with Gasteiger partial charge in [0.2, 0.25) is 0 Å². The molecule has 0 radical (unpaired) electrons. The Morgan fingerprint density at radius 1 is 1.65 bits per heavy atom. The predicted molar refractivity (Wildman–Crippen MR) is 65.6 cm³/mol. The van der Waals surface area contributed by atoms with Gasteiger partial charge in [-0.15, -0.1) is 0 Å². The summed E-state index contributed by atoms with van der Waals surface area (Å²) in [5.41, 5.74) is 2.18. The summed E-state index contributed by atoms with van der Waals surface area (Å²) in [6.45, 7) is 6.92. The maximum Gasteiger partial charge on any atom is 0.307 e. The molecule has 5 nitrogen and oxygen atoms in total. The van der Waals surface area contributed by atoms with Gasteiger partial charge in [0.25, 0.3) is 0 Å². The number of hydrogen-bond acceptors (Lipinski definition) is 4. The molecule has 1 aromatic heterocycles. The summed E-state index contributed by atoms with van der Waals surface area (Å²) >= 11 is 0. The zero-order valence-corrected chi connectivity index (χ0v) is 11.0. The summed E-state index contributed by atoms with van der Waals surface area (Å²) in [5, 5.41) is 7.58. The van der Waals surface area contributed by atoms with Crippen molar-refractivity contribution in [3.05, 3.63) is 17.5 Å². The van der Waals surface area contributed by atoms with E-state index in [1.165, 1.54) is 0 Å². The lowest BCUT2D eigenvalue weighted by Gasteiger charge is -2.12. The Morgan fingerprint density at radius 3 is 2.88 bits per heavy atom. The maximum absolute atomic E-state index is 11.2. The fourth-order valence-electron chi connectivity index (χ4n) is 1.78. The summed E-state index contributed by atoms with van der Waals surface area (Å²) in [5.74, 6) is -0.157. The topological polar surface area (TPSA) is 56.1 Å². The van der Waals surface area contributed by atoms with Crippen molar-refractivity contribution in [3.8, 4) is 0 Å². The van der Waals surface area contributed by atoms with E-state index in [1.807, 2.05) is 27.1 Å². The lowest BCUT2D eigenvalue weighted by atomic mass is 10.1. The first kappa shape index (κ1) is 13.7. The van der Waals surface area contributed by atoms with Crippen LogP contribution in [0.2, 0.25) is 0 Å². The Hall–Kier alpha value is -1.36. The van der Waals surface area contributed by atoms with Crippen LogP contribution in [0.5, 0.6) is 0 Å². The molecule has 1 N–H and O–H groups in total. The van der Waals surface area contributed by atoms with E-state index >= 15 is 0 Å². The van der Waals surface area contributed by atoms with E-state index in [0.717, 1.165) is 11.3 Å². The van der Waals surface area contributed by atoms with Crippen LogP contribution in [0.3, 0.4) is 0 Å². The first-order valence-corrected chi connectivity index (χ1v) is 5.93. The molecule has 0 saturated carbocycles. The van der Waals surface area contributed by atoms with Gasteiger partial charge in [0.15, 0.2) is 0 Å². The van der Waals surface area contributed by atoms with Crippen molar-refractivity contribution >= 4 is 5.97 Å². The summed E-state index contributed by atoms with van der Waals surface area (Å²) in [4.78, 5) is 11.2. The number of esters is 1. The third-order valence-electron chi connectivity index (χ3n) is 2.60. The molecule has 0 aliphatic carbocycles. The third kappa shape index (κ3) is 4.19. The van der Waals surface area contributed by atoms with Gasteiger partial charge in [0.1, 0.15) is 0 Å². The Labute approximate surface area is 102 Å². The lowest BCUT2D eigenvalue weighted by Crippen LogP contribution is -2.23. The molecule has 0 aliphatic heterocycles. The van der Waals surface area contributed by atoms with Gasteiger partial charge in [-0.05, 0) is 20.8 Å². The molecule has 0 spiro atoms. The molecular weight excluding hydrogens is 218 g/mol. The number of rotatable bonds is 6. The average Bonchev–Trinajstić information content (AvgIpc) is 2.58. The minimum atomic E-state index is -0.157. The van der Waals surface area contributed by atoms with Crippen LogP contribution in [0.1, 0.15) is 37.6 Å². The molecule has 1 rings (SSSR count). The summed E-state index contributed by atoms with van der Waals surface area (Å²) < 4.78 is 6.66. The van der Waals surface area contributed by atoms with E-state index in [1.54, 1.807) is 4.68 Å². The van der Waals surface area contributed by atoms with Crippen molar-refractivity contribution in [2.24, 2.45) is 7.05 Å². The molecule has 1 aromatic rings. The van der Waals surface area contributed by atoms with Crippen molar-refractivity contribution in [2.75, 3.05) is 13.2 Å². The fourth-order valence-corrected chi connectivity index (χ4v) is 1.78. The Balaban J connectivity index is 2.37. The van der Waals surface area contributed by atoms with Crippen molar-refractivity contribution < 1.29 is 9.53 Å². The summed E-state index contributed by atoms with van der Waals surface area (Å²) in [6, 6.07) is 0.193. The Morgan fingerprint density at radius 2 is 2.35 bits per heavy atom. The molecule has 0 fully saturated rings.